The molecule has 0 spiro atoms. The van der Waals surface area contributed by atoms with Crippen LogP contribution >= 0.6 is 0 Å². The lowest BCUT2D eigenvalue weighted by molar-refractivity contribution is -0.121. The van der Waals surface area contributed by atoms with Crippen molar-refractivity contribution in [2.45, 2.75) is 25.8 Å². The van der Waals surface area contributed by atoms with E-state index < -0.39 is 5.97 Å². The molecule has 2 N–H and O–H groups in total. The van der Waals surface area contributed by atoms with Gasteiger partial charge in [-0.1, -0.05) is 18.2 Å². The summed E-state index contributed by atoms with van der Waals surface area (Å²) in [5.41, 5.74) is 0.927. The molecule has 1 aliphatic carbocycles. The zero-order valence-corrected chi connectivity index (χ0v) is 12.0. The summed E-state index contributed by atoms with van der Waals surface area (Å²) in [6, 6.07) is 4.81. The van der Waals surface area contributed by atoms with Crippen molar-refractivity contribution in [3.63, 3.8) is 0 Å². The summed E-state index contributed by atoms with van der Waals surface area (Å²) >= 11 is 0. The molecule has 1 amide bonds. The van der Waals surface area contributed by atoms with E-state index in [0.717, 1.165) is 18.4 Å². The first-order chi connectivity index (χ1) is 10.1. The van der Waals surface area contributed by atoms with Crippen LogP contribution in [0.3, 0.4) is 0 Å². The Morgan fingerprint density at radius 3 is 2.86 bits per heavy atom. The Kier molecular flexibility index (Phi) is 4.98. The molecule has 1 aromatic carbocycles. The summed E-state index contributed by atoms with van der Waals surface area (Å²) in [6.45, 7) is 0.367. The number of allylic oxidation sites excluding steroid dienone is 2. The van der Waals surface area contributed by atoms with E-state index in [4.69, 9.17) is 9.84 Å². The Bertz CT molecular complexity index is 565. The summed E-state index contributed by atoms with van der Waals surface area (Å²) < 4.78 is 5.06. The van der Waals surface area contributed by atoms with E-state index in [1.807, 2.05) is 0 Å². The van der Waals surface area contributed by atoms with Gasteiger partial charge < -0.3 is 15.2 Å². The van der Waals surface area contributed by atoms with Gasteiger partial charge >= 0.3 is 5.97 Å². The number of aromatic carboxylic acids is 1. The zero-order valence-electron chi connectivity index (χ0n) is 12.0. The number of amides is 1. The zero-order chi connectivity index (χ0) is 15.2. The minimum absolute atomic E-state index is 0.00725. The standard InChI is InChI=1S/C16H19NO4/c1-21-14-8-12(6-7-13(14)16(19)20)10-17-15(18)9-11-4-2-3-5-11/h2,4,6-8,11H,3,5,9-10H2,1H3,(H,17,18)(H,19,20)/t11-/m1/s1. The molecule has 0 aliphatic heterocycles. The highest BCUT2D eigenvalue weighted by Crippen LogP contribution is 2.21. The molecule has 0 aromatic heterocycles. The maximum absolute atomic E-state index is 11.8. The van der Waals surface area contributed by atoms with Crippen molar-refractivity contribution in [3.8, 4) is 5.75 Å². The lowest BCUT2D eigenvalue weighted by Crippen LogP contribution is -2.24. The van der Waals surface area contributed by atoms with Crippen LogP contribution in [0.25, 0.3) is 0 Å². The Balaban J connectivity index is 1.92. The van der Waals surface area contributed by atoms with Gasteiger partial charge in [0, 0.05) is 13.0 Å². The number of nitrogens with one attached hydrogen (secondary N) is 1. The highest BCUT2D eigenvalue weighted by molar-refractivity contribution is 5.91. The van der Waals surface area contributed by atoms with Gasteiger partial charge in [0.05, 0.1) is 7.11 Å². The molecule has 0 saturated heterocycles. The SMILES string of the molecule is COc1cc(CNC(=O)C[C@@H]2C=CCC2)ccc1C(=O)O. The molecule has 1 atom stereocenters. The van der Waals surface area contributed by atoms with Crippen LogP contribution in [0.15, 0.2) is 30.4 Å². The molecule has 0 bridgehead atoms. The monoisotopic (exact) mass is 289 g/mol. The highest BCUT2D eigenvalue weighted by atomic mass is 16.5. The summed E-state index contributed by atoms with van der Waals surface area (Å²) in [5, 5.41) is 11.9. The van der Waals surface area contributed by atoms with E-state index in [1.165, 1.54) is 13.2 Å². The largest absolute Gasteiger partial charge is 0.496 e. The van der Waals surface area contributed by atoms with Crippen molar-refractivity contribution in [1.29, 1.82) is 0 Å². The van der Waals surface area contributed by atoms with Gasteiger partial charge in [-0.2, -0.15) is 0 Å². The van der Waals surface area contributed by atoms with Gasteiger partial charge in [0.15, 0.2) is 0 Å². The Labute approximate surface area is 123 Å². The van der Waals surface area contributed by atoms with E-state index in [9.17, 15) is 9.59 Å². The highest BCUT2D eigenvalue weighted by Gasteiger charge is 2.14. The number of carboxylic acid groups (broad SMARTS) is 1. The summed E-state index contributed by atoms with van der Waals surface area (Å²) in [6.07, 6.45) is 6.78. The van der Waals surface area contributed by atoms with E-state index in [2.05, 4.69) is 17.5 Å². The van der Waals surface area contributed by atoms with Gasteiger partial charge in [-0.15, -0.1) is 0 Å². The predicted octanol–water partition coefficient (Wildman–Crippen LogP) is 2.37. The molecule has 1 aliphatic rings. The van der Waals surface area contributed by atoms with Gasteiger partial charge in [-0.05, 0) is 36.5 Å². The molecule has 5 heteroatoms. The predicted molar refractivity (Wildman–Crippen MR) is 78.3 cm³/mol. The molecule has 5 nitrogen and oxygen atoms in total. The number of carboxylic acids is 1. The maximum atomic E-state index is 11.8. The Morgan fingerprint density at radius 2 is 2.24 bits per heavy atom. The summed E-state index contributed by atoms with van der Waals surface area (Å²) in [7, 11) is 1.43. The average Bonchev–Trinajstić information content (AvgIpc) is 2.97. The van der Waals surface area contributed by atoms with Crippen molar-refractivity contribution in [1.82, 2.24) is 5.32 Å². The van der Waals surface area contributed by atoms with Crippen LogP contribution in [0.1, 0.15) is 35.2 Å². The van der Waals surface area contributed by atoms with Crippen LogP contribution in [0.4, 0.5) is 0 Å². The number of ether oxygens (including phenoxy) is 1. The molecule has 0 unspecified atom stereocenters. The van der Waals surface area contributed by atoms with Crippen LogP contribution in [-0.2, 0) is 11.3 Å². The van der Waals surface area contributed by atoms with Crippen LogP contribution in [-0.4, -0.2) is 24.1 Å². The molecule has 2 rings (SSSR count). The van der Waals surface area contributed by atoms with Gasteiger partial charge in [0.1, 0.15) is 11.3 Å². The number of benzene rings is 1. The van der Waals surface area contributed by atoms with Crippen LogP contribution in [0.5, 0.6) is 5.75 Å². The third kappa shape index (κ3) is 4.08. The number of carbonyl (C=O) groups excluding carboxylic acids is 1. The molecule has 0 heterocycles. The fourth-order valence-corrected chi connectivity index (χ4v) is 2.40. The second kappa shape index (κ2) is 6.92. The average molecular weight is 289 g/mol. The quantitative estimate of drug-likeness (QED) is 0.788. The summed E-state index contributed by atoms with van der Waals surface area (Å²) in [5.74, 6) is -0.384. The van der Waals surface area contributed by atoms with E-state index in [1.54, 1.807) is 12.1 Å². The molecule has 21 heavy (non-hydrogen) atoms. The third-order valence-corrected chi connectivity index (χ3v) is 3.55. The molecule has 112 valence electrons. The van der Waals surface area contributed by atoms with Crippen molar-refractivity contribution < 1.29 is 19.4 Å². The molecule has 0 saturated carbocycles. The first kappa shape index (κ1) is 15.1. The summed E-state index contributed by atoms with van der Waals surface area (Å²) in [4.78, 5) is 22.8. The van der Waals surface area contributed by atoms with Gasteiger partial charge in [-0.3, -0.25) is 4.79 Å². The minimum atomic E-state index is -1.03. The lowest BCUT2D eigenvalue weighted by atomic mass is 10.0. The smallest absolute Gasteiger partial charge is 0.339 e. The van der Waals surface area contributed by atoms with Gasteiger partial charge in [-0.25, -0.2) is 4.79 Å². The van der Waals surface area contributed by atoms with Gasteiger partial charge in [0.2, 0.25) is 5.91 Å². The molecule has 1 aromatic rings. The molecule has 0 radical (unpaired) electrons. The second-order valence-corrected chi connectivity index (χ2v) is 5.09. The minimum Gasteiger partial charge on any atom is -0.496 e. The third-order valence-electron chi connectivity index (χ3n) is 3.55. The Morgan fingerprint density at radius 1 is 1.43 bits per heavy atom. The number of hydrogen-bond acceptors (Lipinski definition) is 3. The first-order valence-electron chi connectivity index (χ1n) is 6.93. The number of hydrogen-bond donors (Lipinski definition) is 2. The fraction of sp³-hybridized carbons (Fsp3) is 0.375. The van der Waals surface area contributed by atoms with Crippen molar-refractivity contribution in [2.24, 2.45) is 5.92 Å². The van der Waals surface area contributed by atoms with Crippen molar-refractivity contribution in [3.05, 3.63) is 41.5 Å². The normalized spacial score (nSPS) is 16.7. The van der Waals surface area contributed by atoms with Crippen LogP contribution in [0, 0.1) is 5.92 Å². The Hall–Kier alpha value is -2.30. The second-order valence-electron chi connectivity index (χ2n) is 5.09. The maximum Gasteiger partial charge on any atom is 0.339 e. The molecular formula is C16H19NO4. The van der Waals surface area contributed by atoms with E-state index >= 15 is 0 Å². The van der Waals surface area contributed by atoms with Crippen LogP contribution < -0.4 is 10.1 Å². The number of methoxy groups -OCH3 is 1. The molecular weight excluding hydrogens is 270 g/mol. The molecule has 0 fully saturated rings. The van der Waals surface area contributed by atoms with E-state index in [0.29, 0.717) is 24.6 Å². The fourth-order valence-electron chi connectivity index (χ4n) is 2.40. The topological polar surface area (TPSA) is 75.6 Å². The number of rotatable bonds is 6. The van der Waals surface area contributed by atoms with Gasteiger partial charge in [0.25, 0.3) is 0 Å². The van der Waals surface area contributed by atoms with E-state index in [-0.39, 0.29) is 11.5 Å². The number of carbonyl (C=O) groups is 2. The van der Waals surface area contributed by atoms with Crippen molar-refractivity contribution >= 4 is 11.9 Å². The first-order valence-corrected chi connectivity index (χ1v) is 6.93. The van der Waals surface area contributed by atoms with Crippen molar-refractivity contribution in [2.75, 3.05) is 7.11 Å². The van der Waals surface area contributed by atoms with Crippen LogP contribution in [0.2, 0.25) is 0 Å². The lowest BCUT2D eigenvalue weighted by Gasteiger charge is -2.10.